The highest BCUT2D eigenvalue weighted by molar-refractivity contribution is 5.89. The molecule has 0 aromatic heterocycles. The maximum atomic E-state index is 12.3. The smallest absolute Gasteiger partial charge is 0.408 e. The maximum absolute atomic E-state index is 12.3. The van der Waals surface area contributed by atoms with Gasteiger partial charge in [0.2, 0.25) is 11.8 Å². The molecule has 0 rings (SSSR count). The fourth-order valence-corrected chi connectivity index (χ4v) is 1.89. The van der Waals surface area contributed by atoms with E-state index in [0.29, 0.717) is 13.0 Å². The van der Waals surface area contributed by atoms with Crippen molar-refractivity contribution in [2.45, 2.75) is 65.1 Å². The van der Waals surface area contributed by atoms with Gasteiger partial charge < -0.3 is 32.2 Å². The Kier molecular flexibility index (Phi) is 10.1. The summed E-state index contributed by atoms with van der Waals surface area (Å²) < 4.78 is 5.16. The van der Waals surface area contributed by atoms with E-state index in [4.69, 9.17) is 16.2 Å². The second-order valence-electron chi connectivity index (χ2n) is 7.09. The van der Waals surface area contributed by atoms with E-state index < -0.39 is 23.6 Å². The highest BCUT2D eigenvalue weighted by atomic mass is 16.6. The fourth-order valence-electron chi connectivity index (χ4n) is 1.89. The van der Waals surface area contributed by atoms with Crippen molar-refractivity contribution < 1.29 is 19.1 Å². The molecule has 0 fully saturated rings. The molecule has 0 spiro atoms. The molecule has 0 aliphatic heterocycles. The molecule has 26 heavy (non-hydrogen) atoms. The third kappa shape index (κ3) is 12.8. The van der Waals surface area contributed by atoms with Crippen LogP contribution in [0.15, 0.2) is 4.99 Å². The van der Waals surface area contributed by atoms with Crippen LogP contribution in [-0.4, -0.2) is 54.6 Å². The van der Waals surface area contributed by atoms with Crippen LogP contribution in [-0.2, 0) is 14.3 Å². The van der Waals surface area contributed by atoms with Gasteiger partial charge in [0, 0.05) is 12.6 Å². The second kappa shape index (κ2) is 11.2. The minimum atomic E-state index is -0.870. The molecule has 0 aromatic carbocycles. The van der Waals surface area contributed by atoms with Crippen LogP contribution in [0.5, 0.6) is 0 Å². The normalized spacial score (nSPS) is 12.1. The number of carbonyl (C=O) groups excluding carboxylic acids is 3. The summed E-state index contributed by atoms with van der Waals surface area (Å²) in [7, 11) is 0. The first kappa shape index (κ1) is 23.5. The van der Waals surface area contributed by atoms with E-state index in [1.54, 1.807) is 20.8 Å². The zero-order valence-electron chi connectivity index (χ0n) is 16.2. The summed E-state index contributed by atoms with van der Waals surface area (Å²) in [6.07, 6.45) is 0.0311. The Morgan fingerprint density at radius 2 is 1.73 bits per heavy atom. The first-order valence-corrected chi connectivity index (χ1v) is 8.52. The van der Waals surface area contributed by atoms with E-state index in [1.165, 1.54) is 0 Å². The number of aliphatic imine (C=N–C) groups is 1. The average Bonchev–Trinajstić information content (AvgIpc) is 2.45. The third-order valence-corrected chi connectivity index (χ3v) is 2.83. The molecule has 10 heteroatoms. The van der Waals surface area contributed by atoms with E-state index in [0.717, 1.165) is 0 Å². The number of rotatable bonds is 9. The van der Waals surface area contributed by atoms with Crippen LogP contribution in [0.3, 0.4) is 0 Å². The summed E-state index contributed by atoms with van der Waals surface area (Å²) in [6.45, 7) is 8.92. The van der Waals surface area contributed by atoms with Crippen LogP contribution in [0, 0.1) is 0 Å². The SMILES string of the molecule is CC(C)NC(=O)CNC(=O)C(CCCN=C(N)N)NC(=O)OC(C)(C)C. The van der Waals surface area contributed by atoms with Crippen molar-refractivity contribution in [2.75, 3.05) is 13.1 Å². The lowest BCUT2D eigenvalue weighted by atomic mass is 10.1. The number of ether oxygens (including phenoxy) is 1. The minimum absolute atomic E-state index is 0.0327. The summed E-state index contributed by atoms with van der Waals surface area (Å²) in [5.41, 5.74) is 9.81. The van der Waals surface area contributed by atoms with Crippen LogP contribution < -0.4 is 27.4 Å². The molecule has 0 saturated carbocycles. The Labute approximate surface area is 154 Å². The number of nitrogens with zero attached hydrogens (tertiary/aromatic N) is 1. The first-order chi connectivity index (χ1) is 11.9. The zero-order valence-corrected chi connectivity index (χ0v) is 16.2. The van der Waals surface area contributed by atoms with Gasteiger partial charge in [-0.05, 0) is 47.5 Å². The average molecular weight is 372 g/mol. The highest BCUT2D eigenvalue weighted by Gasteiger charge is 2.24. The minimum Gasteiger partial charge on any atom is -0.444 e. The van der Waals surface area contributed by atoms with Crippen molar-refractivity contribution in [3.63, 3.8) is 0 Å². The van der Waals surface area contributed by atoms with E-state index in [2.05, 4.69) is 20.9 Å². The predicted molar refractivity (Wildman–Crippen MR) is 99.4 cm³/mol. The van der Waals surface area contributed by atoms with Crippen molar-refractivity contribution in [3.8, 4) is 0 Å². The number of hydrogen-bond donors (Lipinski definition) is 5. The van der Waals surface area contributed by atoms with Crippen LogP contribution in [0.25, 0.3) is 0 Å². The molecule has 0 bridgehead atoms. The summed E-state index contributed by atoms with van der Waals surface area (Å²) in [5, 5.41) is 7.67. The number of amides is 3. The predicted octanol–water partition coefficient (Wildman–Crippen LogP) is -0.426. The Morgan fingerprint density at radius 3 is 2.23 bits per heavy atom. The molecule has 0 aromatic rings. The standard InChI is InChI=1S/C16H32N6O4/c1-10(2)21-12(23)9-20-13(24)11(7-6-8-19-14(17)18)22-15(25)26-16(3,4)5/h10-11H,6-9H2,1-5H3,(H,20,24)(H,21,23)(H,22,25)(H4,17,18,19). The van der Waals surface area contributed by atoms with Crippen LogP contribution in [0.1, 0.15) is 47.5 Å². The van der Waals surface area contributed by atoms with Gasteiger partial charge in [-0.2, -0.15) is 0 Å². The summed E-state index contributed by atoms with van der Waals surface area (Å²) in [5.74, 6) is -0.846. The Hall–Kier alpha value is -2.52. The number of nitrogens with one attached hydrogen (secondary N) is 3. The molecule has 0 aliphatic rings. The molecule has 1 atom stereocenters. The fraction of sp³-hybridized carbons (Fsp3) is 0.750. The van der Waals surface area contributed by atoms with Crippen LogP contribution in [0.4, 0.5) is 4.79 Å². The molecule has 10 nitrogen and oxygen atoms in total. The van der Waals surface area contributed by atoms with E-state index in [-0.39, 0.29) is 30.9 Å². The molecular weight excluding hydrogens is 340 g/mol. The number of hydrogen-bond acceptors (Lipinski definition) is 5. The third-order valence-electron chi connectivity index (χ3n) is 2.83. The first-order valence-electron chi connectivity index (χ1n) is 8.52. The number of carbonyl (C=O) groups is 3. The van der Waals surface area contributed by atoms with E-state index in [9.17, 15) is 14.4 Å². The van der Waals surface area contributed by atoms with Gasteiger partial charge in [0.1, 0.15) is 11.6 Å². The maximum Gasteiger partial charge on any atom is 0.408 e. The number of alkyl carbamates (subject to hydrolysis) is 1. The second-order valence-corrected chi connectivity index (χ2v) is 7.09. The Morgan fingerprint density at radius 1 is 1.12 bits per heavy atom. The van der Waals surface area contributed by atoms with E-state index >= 15 is 0 Å². The quantitative estimate of drug-likeness (QED) is 0.210. The van der Waals surface area contributed by atoms with Gasteiger partial charge in [0.25, 0.3) is 0 Å². The van der Waals surface area contributed by atoms with Gasteiger partial charge in [-0.3, -0.25) is 14.6 Å². The molecule has 7 N–H and O–H groups in total. The van der Waals surface area contributed by atoms with Gasteiger partial charge in [-0.1, -0.05) is 0 Å². The zero-order chi connectivity index (χ0) is 20.3. The molecule has 0 aliphatic carbocycles. The van der Waals surface area contributed by atoms with Crippen molar-refractivity contribution in [2.24, 2.45) is 16.5 Å². The number of guanidine groups is 1. The lowest BCUT2D eigenvalue weighted by Crippen LogP contribution is -2.50. The Balaban J connectivity index is 4.73. The molecule has 0 radical (unpaired) electrons. The van der Waals surface area contributed by atoms with Crippen molar-refractivity contribution >= 4 is 23.9 Å². The monoisotopic (exact) mass is 372 g/mol. The molecule has 150 valence electrons. The van der Waals surface area contributed by atoms with Crippen molar-refractivity contribution in [1.82, 2.24) is 16.0 Å². The van der Waals surface area contributed by atoms with Gasteiger partial charge in [0.15, 0.2) is 5.96 Å². The molecular formula is C16H32N6O4. The van der Waals surface area contributed by atoms with Crippen LogP contribution in [0.2, 0.25) is 0 Å². The molecule has 0 saturated heterocycles. The molecule has 0 heterocycles. The van der Waals surface area contributed by atoms with Gasteiger partial charge in [-0.15, -0.1) is 0 Å². The largest absolute Gasteiger partial charge is 0.444 e. The van der Waals surface area contributed by atoms with E-state index in [1.807, 2.05) is 13.8 Å². The topological polar surface area (TPSA) is 161 Å². The lowest BCUT2D eigenvalue weighted by molar-refractivity contribution is -0.127. The molecule has 3 amide bonds. The van der Waals surface area contributed by atoms with Gasteiger partial charge in [-0.25, -0.2) is 4.79 Å². The Bertz CT molecular complexity index is 509. The molecule has 1 unspecified atom stereocenters. The van der Waals surface area contributed by atoms with Gasteiger partial charge >= 0.3 is 6.09 Å². The summed E-state index contributed by atoms with van der Waals surface area (Å²) in [6, 6.07) is -0.902. The lowest BCUT2D eigenvalue weighted by Gasteiger charge is -2.23. The summed E-state index contributed by atoms with van der Waals surface area (Å²) in [4.78, 5) is 39.7. The van der Waals surface area contributed by atoms with Gasteiger partial charge in [0.05, 0.1) is 6.54 Å². The summed E-state index contributed by atoms with van der Waals surface area (Å²) >= 11 is 0. The number of nitrogens with two attached hydrogens (primary N) is 2. The van der Waals surface area contributed by atoms with Crippen molar-refractivity contribution in [1.29, 1.82) is 0 Å². The van der Waals surface area contributed by atoms with Crippen LogP contribution >= 0.6 is 0 Å². The van der Waals surface area contributed by atoms with Crippen molar-refractivity contribution in [3.05, 3.63) is 0 Å². The highest BCUT2D eigenvalue weighted by Crippen LogP contribution is 2.08.